The van der Waals surface area contributed by atoms with E-state index in [0.29, 0.717) is 6.04 Å². The molecule has 0 N–H and O–H groups in total. The average Bonchev–Trinajstić information content (AvgIpc) is 2.99. The van der Waals surface area contributed by atoms with Crippen LogP contribution in [0.5, 0.6) is 0 Å². The molecule has 0 aliphatic heterocycles. The van der Waals surface area contributed by atoms with E-state index < -0.39 is 0 Å². The van der Waals surface area contributed by atoms with Crippen molar-refractivity contribution in [2.75, 3.05) is 6.54 Å². The van der Waals surface area contributed by atoms with Gasteiger partial charge in [-0.1, -0.05) is 19.3 Å². The van der Waals surface area contributed by atoms with Crippen molar-refractivity contribution >= 4 is 6.41 Å². The minimum Gasteiger partial charge on any atom is -0.342 e. The Morgan fingerprint density at radius 2 is 1.77 bits per heavy atom. The molecule has 2 saturated carbocycles. The summed E-state index contributed by atoms with van der Waals surface area (Å²) in [7, 11) is 0. The number of amides is 1. The molecule has 2 aliphatic carbocycles. The molecule has 0 spiro atoms. The van der Waals surface area contributed by atoms with Gasteiger partial charge in [-0.25, -0.2) is 0 Å². The second kappa shape index (κ2) is 4.12. The number of hydrogen-bond acceptors (Lipinski definition) is 1. The van der Waals surface area contributed by atoms with Crippen molar-refractivity contribution < 1.29 is 4.79 Å². The predicted octanol–water partition coefficient (Wildman–Crippen LogP) is 2.19. The molecule has 2 aliphatic rings. The predicted molar refractivity (Wildman–Crippen MR) is 52.4 cm³/mol. The summed E-state index contributed by atoms with van der Waals surface area (Å²) < 4.78 is 0. The lowest BCUT2D eigenvalue weighted by Crippen LogP contribution is -2.37. The lowest BCUT2D eigenvalue weighted by Gasteiger charge is -2.31. The number of nitrogens with zero attached hydrogens (tertiary/aromatic N) is 1. The summed E-state index contributed by atoms with van der Waals surface area (Å²) in [6.45, 7) is 1.04. The van der Waals surface area contributed by atoms with Gasteiger partial charge in [0, 0.05) is 12.6 Å². The third-order valence-corrected chi connectivity index (χ3v) is 3.35. The monoisotopic (exact) mass is 181 g/mol. The van der Waals surface area contributed by atoms with Crippen LogP contribution in [-0.4, -0.2) is 23.9 Å². The molecule has 2 heteroatoms. The molecule has 0 unspecified atom stereocenters. The smallest absolute Gasteiger partial charge is 0.209 e. The van der Waals surface area contributed by atoms with Gasteiger partial charge in [-0.3, -0.25) is 4.79 Å². The summed E-state index contributed by atoms with van der Waals surface area (Å²) >= 11 is 0. The Hall–Kier alpha value is -0.530. The summed E-state index contributed by atoms with van der Waals surface area (Å²) in [5.74, 6) is 0.840. The first kappa shape index (κ1) is 9.04. The molecule has 2 nitrogen and oxygen atoms in total. The van der Waals surface area contributed by atoms with E-state index in [4.69, 9.17) is 0 Å². The fraction of sp³-hybridized carbons (Fsp3) is 0.909. The zero-order valence-corrected chi connectivity index (χ0v) is 8.24. The van der Waals surface area contributed by atoms with Crippen LogP contribution in [0, 0.1) is 5.92 Å². The van der Waals surface area contributed by atoms with Crippen molar-refractivity contribution in [1.82, 2.24) is 4.90 Å². The van der Waals surface area contributed by atoms with Crippen LogP contribution in [-0.2, 0) is 4.79 Å². The molecule has 0 saturated heterocycles. The third-order valence-electron chi connectivity index (χ3n) is 3.35. The van der Waals surface area contributed by atoms with Crippen LogP contribution in [0.15, 0.2) is 0 Å². The second-order valence-electron chi connectivity index (χ2n) is 4.54. The zero-order chi connectivity index (χ0) is 9.10. The first-order chi connectivity index (χ1) is 6.40. The highest BCUT2D eigenvalue weighted by atomic mass is 16.1. The summed E-state index contributed by atoms with van der Waals surface area (Å²) in [4.78, 5) is 13.0. The molecule has 2 fully saturated rings. The molecular weight excluding hydrogens is 162 g/mol. The Morgan fingerprint density at radius 1 is 1.08 bits per heavy atom. The van der Waals surface area contributed by atoms with Crippen LogP contribution in [0.3, 0.4) is 0 Å². The number of hydrogen-bond donors (Lipinski definition) is 0. The maximum absolute atomic E-state index is 10.9. The number of carbonyl (C=O) groups excluding carboxylic acids is 1. The van der Waals surface area contributed by atoms with Gasteiger partial charge in [0.2, 0.25) is 6.41 Å². The van der Waals surface area contributed by atoms with Gasteiger partial charge in [0.05, 0.1) is 0 Å². The highest BCUT2D eigenvalue weighted by molar-refractivity contribution is 5.47. The van der Waals surface area contributed by atoms with Crippen LogP contribution < -0.4 is 0 Å². The molecule has 0 aromatic heterocycles. The van der Waals surface area contributed by atoms with Crippen molar-refractivity contribution in [3.63, 3.8) is 0 Å². The Kier molecular flexibility index (Phi) is 2.87. The number of carbonyl (C=O) groups is 1. The van der Waals surface area contributed by atoms with Gasteiger partial charge in [-0.05, 0) is 31.6 Å². The summed E-state index contributed by atoms with van der Waals surface area (Å²) in [6.07, 6.45) is 10.3. The van der Waals surface area contributed by atoms with Gasteiger partial charge in [-0.2, -0.15) is 0 Å². The largest absolute Gasteiger partial charge is 0.342 e. The topological polar surface area (TPSA) is 20.3 Å². The molecule has 13 heavy (non-hydrogen) atoms. The highest BCUT2D eigenvalue weighted by Crippen LogP contribution is 2.31. The van der Waals surface area contributed by atoms with Crippen LogP contribution in [0.25, 0.3) is 0 Å². The van der Waals surface area contributed by atoms with Crippen molar-refractivity contribution in [1.29, 1.82) is 0 Å². The SMILES string of the molecule is O=CN(CC1CC1)C1CCCCC1. The van der Waals surface area contributed by atoms with E-state index in [1.54, 1.807) is 0 Å². The molecule has 0 radical (unpaired) electrons. The molecule has 1 amide bonds. The minimum atomic E-state index is 0.576. The van der Waals surface area contributed by atoms with E-state index in [-0.39, 0.29) is 0 Å². The zero-order valence-electron chi connectivity index (χ0n) is 8.24. The lowest BCUT2D eigenvalue weighted by atomic mass is 9.94. The first-order valence-corrected chi connectivity index (χ1v) is 5.61. The van der Waals surface area contributed by atoms with Crippen molar-refractivity contribution in [3.8, 4) is 0 Å². The first-order valence-electron chi connectivity index (χ1n) is 5.61. The van der Waals surface area contributed by atoms with Crippen LogP contribution in [0.2, 0.25) is 0 Å². The van der Waals surface area contributed by atoms with Gasteiger partial charge in [0.1, 0.15) is 0 Å². The van der Waals surface area contributed by atoms with Gasteiger partial charge < -0.3 is 4.90 Å². The summed E-state index contributed by atoms with van der Waals surface area (Å²) in [5, 5.41) is 0. The van der Waals surface area contributed by atoms with Crippen LogP contribution in [0.1, 0.15) is 44.9 Å². The summed E-state index contributed by atoms with van der Waals surface area (Å²) in [5.41, 5.74) is 0. The maximum atomic E-state index is 10.9. The Bertz CT molecular complexity index is 171. The molecule has 0 aromatic carbocycles. The minimum absolute atomic E-state index is 0.576. The Morgan fingerprint density at radius 3 is 2.31 bits per heavy atom. The Labute approximate surface area is 80.3 Å². The van der Waals surface area contributed by atoms with E-state index in [1.165, 1.54) is 44.9 Å². The van der Waals surface area contributed by atoms with Gasteiger partial charge >= 0.3 is 0 Å². The lowest BCUT2D eigenvalue weighted by molar-refractivity contribution is -0.121. The van der Waals surface area contributed by atoms with Gasteiger partial charge in [-0.15, -0.1) is 0 Å². The molecular formula is C11H19NO. The van der Waals surface area contributed by atoms with Gasteiger partial charge in [0.25, 0.3) is 0 Å². The third kappa shape index (κ3) is 2.45. The molecule has 0 aromatic rings. The number of rotatable bonds is 4. The fourth-order valence-electron chi connectivity index (χ4n) is 2.29. The van der Waals surface area contributed by atoms with E-state index in [0.717, 1.165) is 18.9 Å². The molecule has 2 rings (SSSR count). The second-order valence-corrected chi connectivity index (χ2v) is 4.54. The summed E-state index contributed by atoms with van der Waals surface area (Å²) in [6, 6.07) is 0.576. The highest BCUT2D eigenvalue weighted by Gasteiger charge is 2.27. The van der Waals surface area contributed by atoms with Crippen molar-refractivity contribution in [2.24, 2.45) is 5.92 Å². The fourth-order valence-corrected chi connectivity index (χ4v) is 2.29. The van der Waals surface area contributed by atoms with E-state index >= 15 is 0 Å². The van der Waals surface area contributed by atoms with Crippen LogP contribution in [0.4, 0.5) is 0 Å². The van der Waals surface area contributed by atoms with Crippen LogP contribution >= 0.6 is 0 Å². The normalized spacial score (nSPS) is 24.3. The average molecular weight is 181 g/mol. The van der Waals surface area contributed by atoms with Crippen molar-refractivity contribution in [2.45, 2.75) is 51.0 Å². The Balaban J connectivity index is 1.81. The standard InChI is InChI=1S/C11H19NO/c13-9-12(8-10-6-7-10)11-4-2-1-3-5-11/h9-11H,1-8H2. The molecule has 0 bridgehead atoms. The quantitative estimate of drug-likeness (QED) is 0.609. The maximum Gasteiger partial charge on any atom is 0.209 e. The molecule has 0 atom stereocenters. The van der Waals surface area contributed by atoms with E-state index in [2.05, 4.69) is 4.90 Å². The van der Waals surface area contributed by atoms with E-state index in [9.17, 15) is 4.79 Å². The van der Waals surface area contributed by atoms with E-state index in [1.807, 2.05) is 0 Å². The van der Waals surface area contributed by atoms with Gasteiger partial charge in [0.15, 0.2) is 0 Å². The molecule has 0 heterocycles. The molecule has 74 valence electrons. The van der Waals surface area contributed by atoms with Crippen molar-refractivity contribution in [3.05, 3.63) is 0 Å².